The molecule has 2 aromatic rings. The van der Waals surface area contributed by atoms with Crippen LogP contribution in [0.3, 0.4) is 0 Å². The van der Waals surface area contributed by atoms with Gasteiger partial charge in [-0.1, -0.05) is 13.3 Å². The Balaban J connectivity index is 1.73. The molecule has 0 spiro atoms. The molecule has 0 amide bonds. The first-order valence-corrected chi connectivity index (χ1v) is 8.83. The van der Waals surface area contributed by atoms with Gasteiger partial charge >= 0.3 is 0 Å². The molecule has 1 unspecified atom stereocenters. The summed E-state index contributed by atoms with van der Waals surface area (Å²) in [6.45, 7) is 3.07. The molecule has 0 aliphatic heterocycles. The zero-order chi connectivity index (χ0) is 14.7. The Morgan fingerprint density at radius 3 is 3.05 bits per heavy atom. The molecule has 0 aromatic carbocycles. The van der Waals surface area contributed by atoms with Crippen LogP contribution in [0.4, 0.5) is 0 Å². The topological polar surface area (TPSA) is 56.7 Å². The Kier molecular flexibility index (Phi) is 4.70. The number of hydrogen-bond donors (Lipinski definition) is 1. The van der Waals surface area contributed by atoms with E-state index in [2.05, 4.69) is 23.1 Å². The van der Waals surface area contributed by atoms with Crippen molar-refractivity contribution in [1.82, 2.24) is 14.8 Å². The highest BCUT2D eigenvalue weighted by molar-refractivity contribution is 7.12. The van der Waals surface area contributed by atoms with E-state index in [0.29, 0.717) is 0 Å². The zero-order valence-corrected chi connectivity index (χ0v) is 13.5. The van der Waals surface area contributed by atoms with Crippen molar-refractivity contribution in [3.05, 3.63) is 33.5 Å². The Hall–Kier alpha value is -1.20. The summed E-state index contributed by atoms with van der Waals surface area (Å²) in [6, 6.07) is 2.39. The zero-order valence-electron chi connectivity index (χ0n) is 12.7. The average molecular weight is 304 g/mol. The van der Waals surface area contributed by atoms with Crippen molar-refractivity contribution >= 4 is 11.3 Å². The summed E-state index contributed by atoms with van der Waals surface area (Å²) in [4.78, 5) is 7.25. The summed E-state index contributed by atoms with van der Waals surface area (Å²) < 4.78 is 1.98. The van der Waals surface area contributed by atoms with Crippen molar-refractivity contribution in [2.24, 2.45) is 5.73 Å². The Bertz CT molecular complexity index is 563. The van der Waals surface area contributed by atoms with Crippen LogP contribution in [0.5, 0.6) is 0 Å². The first-order valence-electron chi connectivity index (χ1n) is 8.01. The van der Waals surface area contributed by atoms with Crippen LogP contribution in [0.25, 0.3) is 0 Å². The predicted molar refractivity (Wildman–Crippen MR) is 86.5 cm³/mol. The number of nitrogens with two attached hydrogens (primary N) is 1. The van der Waals surface area contributed by atoms with Crippen LogP contribution in [0, 0.1) is 0 Å². The highest BCUT2D eigenvalue weighted by Gasteiger charge is 2.18. The van der Waals surface area contributed by atoms with Crippen LogP contribution >= 0.6 is 11.3 Å². The lowest BCUT2D eigenvalue weighted by Gasteiger charge is -2.10. The molecule has 0 bridgehead atoms. The maximum absolute atomic E-state index is 6.43. The van der Waals surface area contributed by atoms with E-state index in [9.17, 15) is 0 Å². The molecule has 3 rings (SSSR count). The third-order valence-electron chi connectivity index (χ3n) is 4.16. The van der Waals surface area contributed by atoms with Gasteiger partial charge in [-0.05, 0) is 43.7 Å². The molecule has 0 saturated heterocycles. The van der Waals surface area contributed by atoms with E-state index in [1.54, 1.807) is 11.2 Å². The van der Waals surface area contributed by atoms with Gasteiger partial charge in [0.2, 0.25) is 0 Å². The smallest absolute Gasteiger partial charge is 0.138 e. The van der Waals surface area contributed by atoms with Gasteiger partial charge in [0.15, 0.2) is 0 Å². The van der Waals surface area contributed by atoms with Gasteiger partial charge in [0.05, 0.1) is 0 Å². The van der Waals surface area contributed by atoms with Crippen LogP contribution < -0.4 is 5.73 Å². The molecular weight excluding hydrogens is 280 g/mol. The van der Waals surface area contributed by atoms with Gasteiger partial charge < -0.3 is 5.73 Å². The van der Waals surface area contributed by atoms with Gasteiger partial charge in [0.25, 0.3) is 0 Å². The van der Waals surface area contributed by atoms with Gasteiger partial charge in [-0.25, -0.2) is 4.98 Å². The molecule has 2 N–H and O–H groups in total. The first-order chi connectivity index (χ1) is 10.3. The van der Waals surface area contributed by atoms with E-state index < -0.39 is 0 Å². The first kappa shape index (κ1) is 14.7. The standard InChI is InChI=1S/C16H24N4S/c1-2-8-20-16(18-11-19-20)10-13(17)15-9-12-6-4-3-5-7-14(12)21-15/h9,11,13H,2-8,10,17H2,1H3. The van der Waals surface area contributed by atoms with Crippen molar-refractivity contribution in [3.63, 3.8) is 0 Å². The largest absolute Gasteiger partial charge is 0.323 e. The number of rotatable bonds is 5. The van der Waals surface area contributed by atoms with Crippen LogP contribution in [0.15, 0.2) is 12.4 Å². The fourth-order valence-electron chi connectivity index (χ4n) is 3.02. The number of thiophene rings is 1. The minimum atomic E-state index is 0.0433. The third kappa shape index (κ3) is 3.35. The molecule has 0 radical (unpaired) electrons. The number of nitrogens with zero attached hydrogens (tertiary/aromatic N) is 3. The Morgan fingerprint density at radius 2 is 2.19 bits per heavy atom. The average Bonchev–Trinajstić information content (AvgIpc) is 3.02. The van der Waals surface area contributed by atoms with Crippen LogP contribution in [-0.2, 0) is 25.8 Å². The summed E-state index contributed by atoms with van der Waals surface area (Å²) in [5, 5.41) is 4.28. The van der Waals surface area contributed by atoms with Gasteiger partial charge in [-0.15, -0.1) is 11.3 Å². The van der Waals surface area contributed by atoms with Crippen LogP contribution in [0.1, 0.15) is 59.8 Å². The van der Waals surface area contributed by atoms with Gasteiger partial charge in [-0.3, -0.25) is 4.68 Å². The molecule has 4 nitrogen and oxygen atoms in total. The summed E-state index contributed by atoms with van der Waals surface area (Å²) >= 11 is 1.92. The summed E-state index contributed by atoms with van der Waals surface area (Å²) in [5.41, 5.74) is 7.97. The lowest BCUT2D eigenvalue weighted by atomic mass is 10.1. The monoisotopic (exact) mass is 304 g/mol. The van der Waals surface area contributed by atoms with E-state index in [1.807, 2.05) is 16.0 Å². The Morgan fingerprint density at radius 1 is 1.33 bits per heavy atom. The van der Waals surface area contributed by atoms with Crippen LogP contribution in [-0.4, -0.2) is 14.8 Å². The molecule has 0 saturated carbocycles. The highest BCUT2D eigenvalue weighted by Crippen LogP contribution is 2.32. The molecule has 5 heteroatoms. The van der Waals surface area contributed by atoms with E-state index in [-0.39, 0.29) is 6.04 Å². The number of aromatic nitrogens is 3. The van der Waals surface area contributed by atoms with Gasteiger partial charge in [0.1, 0.15) is 12.2 Å². The van der Waals surface area contributed by atoms with E-state index in [0.717, 1.165) is 25.2 Å². The highest BCUT2D eigenvalue weighted by atomic mass is 32.1. The van der Waals surface area contributed by atoms with Crippen molar-refractivity contribution in [1.29, 1.82) is 0 Å². The van der Waals surface area contributed by atoms with Crippen molar-refractivity contribution < 1.29 is 0 Å². The summed E-state index contributed by atoms with van der Waals surface area (Å²) in [6.07, 6.45) is 9.96. The van der Waals surface area contributed by atoms with Gasteiger partial charge in [-0.2, -0.15) is 5.10 Å². The molecule has 1 atom stereocenters. The predicted octanol–water partition coefficient (Wildman–Crippen LogP) is 3.26. The minimum Gasteiger partial charge on any atom is -0.323 e. The van der Waals surface area contributed by atoms with Crippen molar-refractivity contribution in [2.75, 3.05) is 0 Å². The van der Waals surface area contributed by atoms with Gasteiger partial charge in [0, 0.05) is 28.8 Å². The van der Waals surface area contributed by atoms with Crippen LogP contribution in [0.2, 0.25) is 0 Å². The molecule has 114 valence electrons. The maximum atomic E-state index is 6.43. The number of hydrogen-bond acceptors (Lipinski definition) is 4. The fraction of sp³-hybridized carbons (Fsp3) is 0.625. The van der Waals surface area contributed by atoms with E-state index in [4.69, 9.17) is 5.73 Å². The van der Waals surface area contributed by atoms with E-state index in [1.165, 1.54) is 42.5 Å². The normalized spacial score (nSPS) is 16.5. The molecule has 2 heterocycles. The van der Waals surface area contributed by atoms with Crippen molar-refractivity contribution in [2.45, 2.75) is 64.5 Å². The SMILES string of the molecule is CCCn1ncnc1CC(N)c1cc2c(s1)CCCCC2. The molecule has 21 heavy (non-hydrogen) atoms. The summed E-state index contributed by atoms with van der Waals surface area (Å²) in [5.74, 6) is 1.01. The maximum Gasteiger partial charge on any atom is 0.138 e. The quantitative estimate of drug-likeness (QED) is 0.863. The number of fused-ring (bicyclic) bond motifs is 1. The number of aryl methyl sites for hydroxylation is 3. The second-order valence-corrected chi connectivity index (χ2v) is 7.04. The van der Waals surface area contributed by atoms with Crippen molar-refractivity contribution in [3.8, 4) is 0 Å². The molecule has 2 aromatic heterocycles. The Labute approximate surface area is 130 Å². The second kappa shape index (κ2) is 6.71. The molecule has 0 fully saturated rings. The molecule has 1 aliphatic carbocycles. The molecule has 1 aliphatic rings. The third-order valence-corrected chi connectivity index (χ3v) is 5.53. The molecular formula is C16H24N4S. The minimum absolute atomic E-state index is 0.0433. The van der Waals surface area contributed by atoms with E-state index >= 15 is 0 Å². The fourth-order valence-corrected chi connectivity index (χ4v) is 4.27. The summed E-state index contributed by atoms with van der Waals surface area (Å²) in [7, 11) is 0. The lowest BCUT2D eigenvalue weighted by molar-refractivity contribution is 0.550. The lowest BCUT2D eigenvalue weighted by Crippen LogP contribution is -2.16. The second-order valence-electron chi connectivity index (χ2n) is 5.87.